The number of rotatable bonds is 3. The first-order valence-corrected chi connectivity index (χ1v) is 5.41. The van der Waals surface area contributed by atoms with E-state index in [0.717, 1.165) is 6.07 Å². The van der Waals surface area contributed by atoms with Crippen molar-refractivity contribution in [1.82, 2.24) is 5.32 Å². The summed E-state index contributed by atoms with van der Waals surface area (Å²) in [5, 5.41) is 1.70. The molecule has 6 nitrogen and oxygen atoms in total. The molecule has 0 atom stereocenters. The van der Waals surface area contributed by atoms with Crippen molar-refractivity contribution in [3.05, 3.63) is 34.1 Å². The molecule has 0 bridgehead atoms. The highest BCUT2D eigenvalue weighted by molar-refractivity contribution is 9.10. The first-order valence-electron chi connectivity index (χ1n) is 4.61. The summed E-state index contributed by atoms with van der Waals surface area (Å²) < 4.78 is 18.2. The van der Waals surface area contributed by atoms with E-state index in [0.29, 0.717) is 4.47 Å². The Morgan fingerprint density at radius 3 is 2.67 bits per heavy atom. The number of hydrogen-bond acceptors (Lipinski definition) is 4. The van der Waals surface area contributed by atoms with Crippen molar-refractivity contribution in [2.45, 2.75) is 0 Å². The van der Waals surface area contributed by atoms with Gasteiger partial charge in [0.25, 0.3) is 5.91 Å². The summed E-state index contributed by atoms with van der Waals surface area (Å²) in [6.07, 6.45) is 0. The average molecular weight is 319 g/mol. The molecule has 0 heterocycles. The molecule has 3 N–H and O–H groups in total. The van der Waals surface area contributed by atoms with Crippen LogP contribution in [0, 0.1) is 5.82 Å². The molecule has 0 aromatic heterocycles. The van der Waals surface area contributed by atoms with Gasteiger partial charge in [-0.3, -0.25) is 10.1 Å². The van der Waals surface area contributed by atoms with Gasteiger partial charge in [0.05, 0.1) is 5.56 Å². The third kappa shape index (κ3) is 4.13. The summed E-state index contributed by atoms with van der Waals surface area (Å²) in [5.74, 6) is -2.70. The molecular weight excluding hydrogens is 311 g/mol. The van der Waals surface area contributed by atoms with Crippen molar-refractivity contribution in [1.29, 1.82) is 0 Å². The predicted molar refractivity (Wildman–Crippen MR) is 62.1 cm³/mol. The van der Waals surface area contributed by atoms with Crippen molar-refractivity contribution < 1.29 is 23.5 Å². The molecule has 0 radical (unpaired) electrons. The van der Waals surface area contributed by atoms with Crippen molar-refractivity contribution >= 4 is 33.8 Å². The molecule has 0 spiro atoms. The standard InChI is InChI=1S/C10H8BrFN2O4/c11-5-1-2-7(12)6(3-5)9(16)18-4-8(15)14-10(13)17/h1-3H,4H2,(H3,13,14,15,17). The molecular formula is C10H8BrFN2O4. The fourth-order valence-corrected chi connectivity index (χ4v) is 1.40. The zero-order valence-corrected chi connectivity index (χ0v) is 10.5. The Balaban J connectivity index is 2.63. The first-order chi connectivity index (χ1) is 8.40. The minimum absolute atomic E-state index is 0.323. The van der Waals surface area contributed by atoms with Gasteiger partial charge >= 0.3 is 12.0 Å². The highest BCUT2D eigenvalue weighted by Gasteiger charge is 2.15. The van der Waals surface area contributed by atoms with Gasteiger partial charge in [-0.1, -0.05) is 15.9 Å². The van der Waals surface area contributed by atoms with Crippen molar-refractivity contribution in [2.75, 3.05) is 6.61 Å². The molecule has 1 aromatic rings. The van der Waals surface area contributed by atoms with Crippen LogP contribution in [0.4, 0.5) is 9.18 Å². The fraction of sp³-hybridized carbons (Fsp3) is 0.100. The molecule has 0 aliphatic carbocycles. The van der Waals surface area contributed by atoms with Crippen LogP contribution in [0.15, 0.2) is 22.7 Å². The van der Waals surface area contributed by atoms with Crippen LogP contribution in [-0.4, -0.2) is 24.5 Å². The van der Waals surface area contributed by atoms with Crippen molar-refractivity contribution in [2.24, 2.45) is 5.73 Å². The summed E-state index contributed by atoms with van der Waals surface area (Å²) in [6.45, 7) is -0.728. The number of hydrogen-bond donors (Lipinski definition) is 2. The number of carbonyl (C=O) groups is 3. The predicted octanol–water partition coefficient (Wildman–Crippen LogP) is 0.940. The zero-order valence-electron chi connectivity index (χ0n) is 8.91. The highest BCUT2D eigenvalue weighted by atomic mass is 79.9. The molecule has 1 rings (SSSR count). The largest absolute Gasteiger partial charge is 0.452 e. The molecule has 0 saturated carbocycles. The maximum absolute atomic E-state index is 13.3. The van der Waals surface area contributed by atoms with Crippen LogP contribution >= 0.6 is 15.9 Å². The lowest BCUT2D eigenvalue weighted by molar-refractivity contribution is -0.123. The normalized spacial score (nSPS) is 9.67. The van der Waals surface area contributed by atoms with E-state index in [1.165, 1.54) is 12.1 Å². The molecule has 0 unspecified atom stereocenters. The number of carbonyl (C=O) groups excluding carboxylic acids is 3. The number of urea groups is 1. The Kier molecular flexibility index (Phi) is 4.78. The minimum Gasteiger partial charge on any atom is -0.452 e. The third-order valence-electron chi connectivity index (χ3n) is 1.75. The number of nitrogens with one attached hydrogen (secondary N) is 1. The van der Waals surface area contributed by atoms with Gasteiger partial charge in [-0.05, 0) is 18.2 Å². The Morgan fingerprint density at radius 1 is 1.39 bits per heavy atom. The fourth-order valence-electron chi connectivity index (χ4n) is 1.04. The molecule has 0 aliphatic rings. The van der Waals surface area contributed by atoms with E-state index in [1.807, 2.05) is 0 Å². The van der Waals surface area contributed by atoms with Crippen molar-refractivity contribution in [3.8, 4) is 0 Å². The molecule has 96 valence electrons. The van der Waals surface area contributed by atoms with E-state index < -0.39 is 30.3 Å². The smallest absolute Gasteiger partial charge is 0.341 e. The number of halogens is 2. The topological polar surface area (TPSA) is 98.5 Å². The van der Waals surface area contributed by atoms with Crippen LogP contribution in [0.2, 0.25) is 0 Å². The molecule has 1 aromatic carbocycles. The van der Waals surface area contributed by atoms with Gasteiger partial charge in [0.15, 0.2) is 6.61 Å². The summed E-state index contributed by atoms with van der Waals surface area (Å²) in [6, 6.07) is 2.63. The first kappa shape index (κ1) is 14.1. The van der Waals surface area contributed by atoms with Gasteiger partial charge in [0.2, 0.25) is 0 Å². The van der Waals surface area contributed by atoms with E-state index >= 15 is 0 Å². The second-order valence-electron chi connectivity index (χ2n) is 3.11. The molecule has 0 aliphatic heterocycles. The lowest BCUT2D eigenvalue weighted by Gasteiger charge is -2.05. The van der Waals surface area contributed by atoms with Gasteiger partial charge in [0, 0.05) is 4.47 Å². The quantitative estimate of drug-likeness (QED) is 0.810. The molecule has 8 heteroatoms. The van der Waals surface area contributed by atoms with Crippen LogP contribution in [-0.2, 0) is 9.53 Å². The number of ether oxygens (including phenoxy) is 1. The van der Waals surface area contributed by atoms with E-state index in [2.05, 4.69) is 26.4 Å². The maximum Gasteiger partial charge on any atom is 0.341 e. The Hall–Kier alpha value is -1.96. The summed E-state index contributed by atoms with van der Waals surface area (Å²) in [4.78, 5) is 32.7. The zero-order chi connectivity index (χ0) is 13.7. The lowest BCUT2D eigenvalue weighted by Crippen LogP contribution is -2.37. The third-order valence-corrected chi connectivity index (χ3v) is 2.24. The minimum atomic E-state index is -1.07. The summed E-state index contributed by atoms with van der Waals surface area (Å²) >= 11 is 3.06. The maximum atomic E-state index is 13.3. The molecule has 3 amide bonds. The van der Waals surface area contributed by atoms with Gasteiger partial charge in [-0.15, -0.1) is 0 Å². The Morgan fingerprint density at radius 2 is 2.06 bits per heavy atom. The number of esters is 1. The Bertz CT molecular complexity index is 507. The number of benzene rings is 1. The van der Waals surface area contributed by atoms with Gasteiger partial charge in [0.1, 0.15) is 5.82 Å². The molecule has 0 fully saturated rings. The van der Waals surface area contributed by atoms with Crippen molar-refractivity contribution in [3.63, 3.8) is 0 Å². The summed E-state index contributed by atoms with van der Waals surface area (Å²) in [5.41, 5.74) is 4.35. The van der Waals surface area contributed by atoms with E-state index in [9.17, 15) is 18.8 Å². The number of imide groups is 1. The van der Waals surface area contributed by atoms with Crippen LogP contribution < -0.4 is 11.1 Å². The van der Waals surface area contributed by atoms with Crippen LogP contribution in [0.5, 0.6) is 0 Å². The number of nitrogens with two attached hydrogens (primary N) is 1. The number of amides is 3. The lowest BCUT2D eigenvalue weighted by atomic mass is 10.2. The van der Waals surface area contributed by atoms with E-state index in [-0.39, 0.29) is 5.56 Å². The SMILES string of the molecule is NC(=O)NC(=O)COC(=O)c1cc(Br)ccc1F. The van der Waals surface area contributed by atoms with E-state index in [4.69, 9.17) is 0 Å². The van der Waals surface area contributed by atoms with Crippen LogP contribution in [0.1, 0.15) is 10.4 Å². The second-order valence-corrected chi connectivity index (χ2v) is 4.03. The average Bonchev–Trinajstić information content (AvgIpc) is 2.28. The van der Waals surface area contributed by atoms with Gasteiger partial charge < -0.3 is 10.5 Å². The van der Waals surface area contributed by atoms with Crippen LogP contribution in [0.25, 0.3) is 0 Å². The second kappa shape index (κ2) is 6.10. The molecule has 18 heavy (non-hydrogen) atoms. The molecule has 0 saturated heterocycles. The highest BCUT2D eigenvalue weighted by Crippen LogP contribution is 2.16. The van der Waals surface area contributed by atoms with Crippen LogP contribution in [0.3, 0.4) is 0 Å². The Labute approximate surface area is 109 Å². The van der Waals surface area contributed by atoms with E-state index in [1.54, 1.807) is 5.32 Å². The van der Waals surface area contributed by atoms with Gasteiger partial charge in [-0.25, -0.2) is 14.0 Å². The summed E-state index contributed by atoms with van der Waals surface area (Å²) in [7, 11) is 0. The monoisotopic (exact) mass is 318 g/mol. The van der Waals surface area contributed by atoms with Gasteiger partial charge in [-0.2, -0.15) is 0 Å². The number of primary amides is 1.